The van der Waals surface area contributed by atoms with E-state index in [9.17, 15) is 43.8 Å². The van der Waals surface area contributed by atoms with Gasteiger partial charge in [-0.25, -0.2) is 9.97 Å². The van der Waals surface area contributed by atoms with Gasteiger partial charge < -0.3 is 74.4 Å². The van der Waals surface area contributed by atoms with Gasteiger partial charge in [-0.05, 0) is 25.7 Å². The fraction of sp³-hybridized carbons (Fsp3) is 0.576. The topological polar surface area (TPSA) is 400 Å². The number of nitrogens with zero attached hydrogens (tertiary/aromatic N) is 3. The highest BCUT2D eigenvalue weighted by Crippen LogP contribution is 2.11. The quantitative estimate of drug-likeness (QED) is 0.0253. The predicted octanol–water partition coefficient (Wildman–Crippen LogP) is -5.66. The van der Waals surface area contributed by atoms with E-state index in [1.807, 2.05) is 0 Å². The monoisotopic (exact) mass is 806 g/mol. The average Bonchev–Trinajstić information content (AvgIpc) is 3.88. The zero-order valence-electron chi connectivity index (χ0n) is 31.9. The van der Waals surface area contributed by atoms with Gasteiger partial charge in [0.15, 0.2) is 5.96 Å². The molecule has 0 aliphatic carbocycles. The molecule has 8 atom stereocenters. The number of aliphatic carboxylic acids is 1. The van der Waals surface area contributed by atoms with Crippen molar-refractivity contribution in [3.05, 3.63) is 36.4 Å². The number of aliphatic imine (C=N–C) groups is 1. The number of hydrogen-bond donors (Lipinski definition) is 14. The Morgan fingerprint density at radius 3 is 1.84 bits per heavy atom. The van der Waals surface area contributed by atoms with Crippen molar-refractivity contribution in [3.63, 3.8) is 0 Å². The number of carboxylic acid groups (broad SMARTS) is 1. The van der Waals surface area contributed by atoms with E-state index < -0.39 is 103 Å². The van der Waals surface area contributed by atoms with Crippen molar-refractivity contribution < 1.29 is 48.9 Å². The molecule has 316 valence electrons. The summed E-state index contributed by atoms with van der Waals surface area (Å²) >= 11 is 0. The molecule has 0 aliphatic rings. The van der Waals surface area contributed by atoms with E-state index in [2.05, 4.69) is 56.8 Å². The summed E-state index contributed by atoms with van der Waals surface area (Å²) in [5.41, 5.74) is 17.9. The molecule has 17 N–H and O–H groups in total. The number of aromatic nitrogens is 4. The van der Waals surface area contributed by atoms with E-state index in [1.54, 1.807) is 13.8 Å². The minimum Gasteiger partial charge on any atom is -0.480 e. The molecule has 0 aromatic carbocycles. The zero-order valence-corrected chi connectivity index (χ0v) is 31.9. The van der Waals surface area contributed by atoms with Crippen molar-refractivity contribution in [2.75, 3.05) is 19.7 Å². The molecule has 2 aromatic rings. The Morgan fingerprint density at radius 1 is 0.772 bits per heavy atom. The van der Waals surface area contributed by atoms with Crippen molar-refractivity contribution in [3.8, 4) is 0 Å². The number of carbonyl (C=O) groups is 7. The van der Waals surface area contributed by atoms with Gasteiger partial charge >= 0.3 is 5.97 Å². The van der Waals surface area contributed by atoms with Gasteiger partial charge in [-0.15, -0.1) is 0 Å². The maximum atomic E-state index is 13.7. The minimum atomic E-state index is -1.69. The number of guanidine groups is 1. The maximum absolute atomic E-state index is 13.7. The standard InChI is InChI=1S/C33H54N14O10/c1-4-16(2)25(46-27(52)20(34)8-18-10-37-14-41-18)32(57)43-21(6-5-7-39-33(35)36)28(53)45-23(13-48)30(55)44-22(9-19-11-38-15-42-19)29(54)47-26(17(3)49)31(56)40-12-24(50)51/h10-11,14-17,20-23,25-26,48-49H,4-9,12-13,34H2,1-3H3,(H,37,41)(H,38,42)(H,40,56)(H,43,57)(H,44,55)(H,45,53)(H,46,52)(H,47,54)(H,50,51)(H4,35,36,39)/t16-,17+,20-,21-,22-,23-,25-,26-/m0/s1. The highest BCUT2D eigenvalue weighted by atomic mass is 16.4. The summed E-state index contributed by atoms with van der Waals surface area (Å²) in [6.07, 6.45) is 4.49. The van der Waals surface area contributed by atoms with Gasteiger partial charge in [0.25, 0.3) is 0 Å². The number of nitrogens with two attached hydrogens (primary N) is 3. The molecule has 0 saturated heterocycles. The molecule has 0 spiro atoms. The average molecular weight is 807 g/mol. The highest BCUT2D eigenvalue weighted by Gasteiger charge is 2.35. The molecular formula is C33H54N14O10. The van der Waals surface area contributed by atoms with Crippen LogP contribution in [0.25, 0.3) is 0 Å². The number of imidazole rings is 2. The highest BCUT2D eigenvalue weighted by molar-refractivity contribution is 5.97. The Bertz CT molecular complexity index is 1650. The van der Waals surface area contributed by atoms with Crippen molar-refractivity contribution >= 4 is 47.4 Å². The summed E-state index contributed by atoms with van der Waals surface area (Å²) in [6.45, 7) is 2.98. The number of carboxylic acids is 1. The number of hydrogen-bond acceptors (Lipinski definition) is 13. The Balaban J connectivity index is 2.28. The van der Waals surface area contributed by atoms with Gasteiger partial charge in [-0.2, -0.15) is 0 Å². The fourth-order valence-corrected chi connectivity index (χ4v) is 5.22. The number of aromatic amines is 2. The third kappa shape index (κ3) is 16.2. The zero-order chi connectivity index (χ0) is 42.7. The van der Waals surface area contributed by atoms with Gasteiger partial charge in [0.2, 0.25) is 35.4 Å². The normalized spacial score (nSPS) is 15.2. The van der Waals surface area contributed by atoms with Gasteiger partial charge in [-0.3, -0.25) is 38.6 Å². The molecule has 24 heteroatoms. The minimum absolute atomic E-state index is 0.0616. The summed E-state index contributed by atoms with van der Waals surface area (Å²) in [5, 5.41) is 43.6. The van der Waals surface area contributed by atoms with E-state index >= 15 is 0 Å². The molecule has 0 fully saturated rings. The lowest BCUT2D eigenvalue weighted by atomic mass is 9.97. The van der Waals surface area contributed by atoms with Crippen LogP contribution in [0, 0.1) is 5.92 Å². The molecule has 0 unspecified atom stereocenters. The molecule has 2 heterocycles. The number of aliphatic hydroxyl groups is 2. The van der Waals surface area contributed by atoms with Crippen LogP contribution in [0.3, 0.4) is 0 Å². The van der Waals surface area contributed by atoms with Crippen LogP contribution < -0.4 is 49.1 Å². The number of carbonyl (C=O) groups excluding carboxylic acids is 6. The first-order valence-corrected chi connectivity index (χ1v) is 18.0. The Hall–Kier alpha value is -6.14. The number of H-pyrrole nitrogens is 2. The van der Waals surface area contributed by atoms with E-state index in [0.717, 1.165) is 0 Å². The molecule has 0 aliphatic heterocycles. The van der Waals surface area contributed by atoms with Crippen molar-refractivity contribution in [1.29, 1.82) is 0 Å². The van der Waals surface area contributed by atoms with Gasteiger partial charge in [0.1, 0.15) is 36.8 Å². The van der Waals surface area contributed by atoms with Crippen LogP contribution >= 0.6 is 0 Å². The van der Waals surface area contributed by atoms with E-state index in [1.165, 1.54) is 32.0 Å². The van der Waals surface area contributed by atoms with Crippen LogP contribution in [0.2, 0.25) is 0 Å². The van der Waals surface area contributed by atoms with Crippen molar-refractivity contribution in [1.82, 2.24) is 51.8 Å². The first-order chi connectivity index (χ1) is 27.0. The molecule has 2 rings (SSSR count). The van der Waals surface area contributed by atoms with Crippen LogP contribution in [-0.2, 0) is 46.4 Å². The summed E-state index contributed by atoms with van der Waals surface area (Å²) in [4.78, 5) is 108. The number of aliphatic hydroxyl groups excluding tert-OH is 2. The van der Waals surface area contributed by atoms with Crippen LogP contribution in [0.4, 0.5) is 0 Å². The van der Waals surface area contributed by atoms with Crippen LogP contribution in [0.5, 0.6) is 0 Å². The second-order valence-corrected chi connectivity index (χ2v) is 13.2. The smallest absolute Gasteiger partial charge is 0.322 e. The third-order valence-electron chi connectivity index (χ3n) is 8.61. The summed E-state index contributed by atoms with van der Waals surface area (Å²) in [6, 6.07) is -8.35. The molecule has 2 aromatic heterocycles. The van der Waals surface area contributed by atoms with E-state index in [4.69, 9.17) is 22.3 Å². The lowest BCUT2D eigenvalue weighted by Crippen LogP contribution is -2.61. The van der Waals surface area contributed by atoms with Crippen LogP contribution in [0.1, 0.15) is 51.4 Å². The van der Waals surface area contributed by atoms with Crippen molar-refractivity contribution in [2.24, 2.45) is 28.1 Å². The molecule has 0 saturated carbocycles. The van der Waals surface area contributed by atoms with Crippen molar-refractivity contribution in [2.45, 2.75) is 95.2 Å². The fourth-order valence-electron chi connectivity index (χ4n) is 5.22. The van der Waals surface area contributed by atoms with Crippen LogP contribution in [0.15, 0.2) is 30.0 Å². The Labute approximate surface area is 327 Å². The molecular weight excluding hydrogens is 752 g/mol. The molecule has 6 amide bonds. The maximum Gasteiger partial charge on any atom is 0.322 e. The second kappa shape index (κ2) is 23.7. The molecule has 0 bridgehead atoms. The summed E-state index contributed by atoms with van der Waals surface area (Å²) in [5.74, 6) is -7.39. The molecule has 24 nitrogen and oxygen atoms in total. The van der Waals surface area contributed by atoms with Gasteiger partial charge in [0.05, 0.1) is 31.4 Å². The second-order valence-electron chi connectivity index (χ2n) is 13.2. The molecule has 57 heavy (non-hydrogen) atoms. The lowest BCUT2D eigenvalue weighted by Gasteiger charge is -2.28. The first-order valence-electron chi connectivity index (χ1n) is 18.0. The van der Waals surface area contributed by atoms with Gasteiger partial charge in [0, 0.05) is 43.2 Å². The van der Waals surface area contributed by atoms with E-state index in [0.29, 0.717) is 17.8 Å². The Kier molecular flexibility index (Phi) is 19.6. The Morgan fingerprint density at radius 2 is 1.32 bits per heavy atom. The predicted molar refractivity (Wildman–Crippen MR) is 201 cm³/mol. The number of nitrogens with one attached hydrogen (secondary N) is 8. The summed E-state index contributed by atoms with van der Waals surface area (Å²) < 4.78 is 0. The SMILES string of the molecule is CC[C@H](C)[C@H](NC(=O)[C@@H](N)Cc1cnc[nH]1)C(=O)N[C@@H](CCCN=C(N)N)C(=O)N[C@@H](CO)C(=O)N[C@@H](Cc1cnc[nH]1)C(=O)N[C@H](C(=O)NCC(=O)O)[C@@H](C)O. The largest absolute Gasteiger partial charge is 0.480 e. The van der Waals surface area contributed by atoms with Crippen LogP contribution in [-0.4, -0.2) is 145 Å². The van der Waals surface area contributed by atoms with E-state index in [-0.39, 0.29) is 38.2 Å². The third-order valence-corrected chi connectivity index (χ3v) is 8.61. The number of rotatable bonds is 25. The summed E-state index contributed by atoms with van der Waals surface area (Å²) in [7, 11) is 0. The van der Waals surface area contributed by atoms with Gasteiger partial charge in [-0.1, -0.05) is 20.3 Å². The first kappa shape index (κ1) is 47.0. The lowest BCUT2D eigenvalue weighted by molar-refractivity contribution is -0.139. The number of amides is 6. The molecule has 0 radical (unpaired) electrons.